The fourth-order valence-corrected chi connectivity index (χ4v) is 2.94. The highest BCUT2D eigenvalue weighted by atomic mass is 35.5. The van der Waals surface area contributed by atoms with Gasteiger partial charge in [-0.05, 0) is 43.0 Å². The van der Waals surface area contributed by atoms with Crippen LogP contribution in [0.2, 0.25) is 5.02 Å². The van der Waals surface area contributed by atoms with Gasteiger partial charge in [-0.3, -0.25) is 0 Å². The summed E-state index contributed by atoms with van der Waals surface area (Å²) in [6.45, 7) is 2.09. The van der Waals surface area contributed by atoms with Crippen LogP contribution in [0.25, 0.3) is 11.0 Å². The molecule has 1 aliphatic rings. The molecule has 3 heteroatoms. The zero-order valence-electron chi connectivity index (χ0n) is 9.69. The monoisotopic (exact) mass is 250 g/mol. The molecule has 0 bridgehead atoms. The number of hydrogen-bond donors (Lipinski definition) is 1. The topological polar surface area (TPSA) is 33.4 Å². The predicted molar refractivity (Wildman–Crippen MR) is 68.4 cm³/mol. The van der Waals surface area contributed by atoms with Crippen molar-refractivity contribution >= 4 is 22.6 Å². The Kier molecular flexibility index (Phi) is 2.64. The first kappa shape index (κ1) is 11.1. The quantitative estimate of drug-likeness (QED) is 0.831. The van der Waals surface area contributed by atoms with Gasteiger partial charge in [0.15, 0.2) is 0 Å². The smallest absolute Gasteiger partial charge is 0.134 e. The van der Waals surface area contributed by atoms with Gasteiger partial charge < -0.3 is 9.52 Å². The predicted octanol–water partition coefficient (Wildman–Crippen LogP) is 3.96. The van der Waals surface area contributed by atoms with Crippen LogP contribution in [-0.4, -0.2) is 11.2 Å². The van der Waals surface area contributed by atoms with Crippen molar-refractivity contribution in [1.29, 1.82) is 0 Å². The van der Waals surface area contributed by atoms with Gasteiger partial charge in [-0.1, -0.05) is 18.5 Å². The third-order valence-electron chi connectivity index (χ3n) is 3.88. The van der Waals surface area contributed by atoms with Crippen LogP contribution in [-0.2, 0) is 0 Å². The summed E-state index contributed by atoms with van der Waals surface area (Å²) in [6, 6.07) is 7.71. The average molecular weight is 251 g/mol. The maximum Gasteiger partial charge on any atom is 0.134 e. The van der Waals surface area contributed by atoms with Crippen LogP contribution in [0.5, 0.6) is 0 Å². The van der Waals surface area contributed by atoms with Crippen molar-refractivity contribution in [3.8, 4) is 0 Å². The molecule has 1 aliphatic carbocycles. The Morgan fingerprint density at radius 3 is 2.82 bits per heavy atom. The Bertz CT molecular complexity index is 546. The van der Waals surface area contributed by atoms with E-state index in [1.165, 1.54) is 0 Å². The highest BCUT2D eigenvalue weighted by Crippen LogP contribution is 2.41. The molecule has 1 saturated carbocycles. The van der Waals surface area contributed by atoms with E-state index in [9.17, 15) is 5.11 Å². The van der Waals surface area contributed by atoms with Crippen LogP contribution in [0, 0.1) is 5.92 Å². The molecule has 17 heavy (non-hydrogen) atoms. The van der Waals surface area contributed by atoms with E-state index < -0.39 is 0 Å². The molecule has 3 rings (SSSR count). The molecule has 0 spiro atoms. The molecule has 0 aliphatic heterocycles. The number of hydrogen-bond acceptors (Lipinski definition) is 2. The van der Waals surface area contributed by atoms with Crippen molar-refractivity contribution in [3.63, 3.8) is 0 Å². The SMILES string of the molecule is CC1C(O)CCC1c1cc2cc(Cl)ccc2o1. The van der Waals surface area contributed by atoms with Gasteiger partial charge in [-0.25, -0.2) is 0 Å². The largest absolute Gasteiger partial charge is 0.461 e. The van der Waals surface area contributed by atoms with E-state index in [2.05, 4.69) is 13.0 Å². The van der Waals surface area contributed by atoms with Gasteiger partial charge in [0.25, 0.3) is 0 Å². The number of aliphatic hydroxyl groups is 1. The molecule has 3 atom stereocenters. The Morgan fingerprint density at radius 2 is 2.12 bits per heavy atom. The van der Waals surface area contributed by atoms with Crippen LogP contribution in [0.1, 0.15) is 31.4 Å². The molecular formula is C14H15ClO2. The Morgan fingerprint density at radius 1 is 1.29 bits per heavy atom. The fraction of sp³-hybridized carbons (Fsp3) is 0.429. The van der Waals surface area contributed by atoms with Gasteiger partial charge >= 0.3 is 0 Å². The molecule has 2 aromatic rings. The van der Waals surface area contributed by atoms with Gasteiger partial charge in [0.2, 0.25) is 0 Å². The highest BCUT2D eigenvalue weighted by molar-refractivity contribution is 6.31. The summed E-state index contributed by atoms with van der Waals surface area (Å²) in [6.07, 6.45) is 1.66. The summed E-state index contributed by atoms with van der Waals surface area (Å²) in [5, 5.41) is 11.6. The summed E-state index contributed by atoms with van der Waals surface area (Å²) < 4.78 is 5.86. The minimum Gasteiger partial charge on any atom is -0.461 e. The lowest BCUT2D eigenvalue weighted by molar-refractivity contribution is 0.134. The minimum atomic E-state index is -0.197. The van der Waals surface area contributed by atoms with E-state index in [1.54, 1.807) is 0 Å². The summed E-state index contributed by atoms with van der Waals surface area (Å²) >= 11 is 5.96. The van der Waals surface area contributed by atoms with Crippen LogP contribution < -0.4 is 0 Å². The molecule has 1 aromatic carbocycles. The van der Waals surface area contributed by atoms with Crippen LogP contribution in [0.3, 0.4) is 0 Å². The highest BCUT2D eigenvalue weighted by Gasteiger charge is 2.34. The Hall–Kier alpha value is -0.990. The number of halogens is 1. The first-order chi connectivity index (χ1) is 8.15. The van der Waals surface area contributed by atoms with Crippen molar-refractivity contribution in [2.75, 3.05) is 0 Å². The van der Waals surface area contributed by atoms with Gasteiger partial charge in [0.05, 0.1) is 6.10 Å². The van der Waals surface area contributed by atoms with Crippen molar-refractivity contribution in [1.82, 2.24) is 0 Å². The van der Waals surface area contributed by atoms with Gasteiger partial charge in [0.1, 0.15) is 11.3 Å². The number of rotatable bonds is 1. The van der Waals surface area contributed by atoms with Gasteiger partial charge in [0, 0.05) is 16.3 Å². The van der Waals surface area contributed by atoms with Gasteiger partial charge in [-0.2, -0.15) is 0 Å². The van der Waals surface area contributed by atoms with Crippen molar-refractivity contribution in [2.45, 2.75) is 31.8 Å². The number of fused-ring (bicyclic) bond motifs is 1. The Labute approximate surface area is 105 Å². The molecule has 1 heterocycles. The second kappa shape index (κ2) is 4.04. The molecule has 90 valence electrons. The summed E-state index contributed by atoms with van der Waals surface area (Å²) in [4.78, 5) is 0. The van der Waals surface area contributed by atoms with E-state index in [1.807, 2.05) is 18.2 Å². The van der Waals surface area contributed by atoms with E-state index in [0.29, 0.717) is 5.92 Å². The first-order valence-corrected chi connectivity index (χ1v) is 6.40. The van der Waals surface area contributed by atoms with E-state index >= 15 is 0 Å². The standard InChI is InChI=1S/C14H15ClO2/c1-8-11(3-4-12(8)16)14-7-9-6-10(15)2-5-13(9)17-14/h2,5-8,11-12,16H,3-4H2,1H3. The zero-order valence-corrected chi connectivity index (χ0v) is 10.4. The summed E-state index contributed by atoms with van der Waals surface area (Å²) in [7, 11) is 0. The second-order valence-corrected chi connectivity index (χ2v) is 5.38. The average Bonchev–Trinajstić information content (AvgIpc) is 2.83. The van der Waals surface area contributed by atoms with Crippen molar-refractivity contribution in [2.24, 2.45) is 5.92 Å². The number of furan rings is 1. The third-order valence-corrected chi connectivity index (χ3v) is 4.11. The lowest BCUT2D eigenvalue weighted by Crippen LogP contribution is -2.13. The van der Waals surface area contributed by atoms with E-state index in [0.717, 1.165) is 34.6 Å². The maximum atomic E-state index is 9.79. The Balaban J connectivity index is 2.01. The normalized spacial score (nSPS) is 29.0. The molecule has 2 nitrogen and oxygen atoms in total. The molecule has 0 amide bonds. The molecule has 1 aromatic heterocycles. The van der Waals surface area contributed by atoms with Crippen LogP contribution in [0.15, 0.2) is 28.7 Å². The number of aliphatic hydroxyl groups excluding tert-OH is 1. The van der Waals surface area contributed by atoms with Crippen LogP contribution >= 0.6 is 11.6 Å². The summed E-state index contributed by atoms with van der Waals surface area (Å²) in [5.74, 6) is 1.58. The zero-order chi connectivity index (χ0) is 12.0. The minimum absolute atomic E-state index is 0.197. The number of benzene rings is 1. The van der Waals surface area contributed by atoms with Crippen molar-refractivity contribution < 1.29 is 9.52 Å². The lowest BCUT2D eigenvalue weighted by Gasteiger charge is -2.14. The lowest BCUT2D eigenvalue weighted by atomic mass is 9.94. The molecule has 3 unspecified atom stereocenters. The molecular weight excluding hydrogens is 236 g/mol. The van der Waals surface area contributed by atoms with Crippen molar-refractivity contribution in [3.05, 3.63) is 35.0 Å². The van der Waals surface area contributed by atoms with Gasteiger partial charge in [-0.15, -0.1) is 0 Å². The molecule has 1 N–H and O–H groups in total. The third kappa shape index (κ3) is 1.85. The molecule has 0 saturated heterocycles. The molecule has 0 radical (unpaired) electrons. The van der Waals surface area contributed by atoms with E-state index in [4.69, 9.17) is 16.0 Å². The van der Waals surface area contributed by atoms with Crippen LogP contribution in [0.4, 0.5) is 0 Å². The second-order valence-electron chi connectivity index (χ2n) is 4.94. The first-order valence-electron chi connectivity index (χ1n) is 6.02. The maximum absolute atomic E-state index is 9.79. The molecule has 1 fully saturated rings. The summed E-state index contributed by atoms with van der Waals surface area (Å²) in [5.41, 5.74) is 0.873. The fourth-order valence-electron chi connectivity index (χ4n) is 2.76. The van der Waals surface area contributed by atoms with E-state index in [-0.39, 0.29) is 12.0 Å².